The molecule has 0 fully saturated rings. The molecule has 1 nitrogen and oxygen atoms in total. The van der Waals surface area contributed by atoms with Gasteiger partial charge >= 0.3 is 0 Å². The fourth-order valence-corrected chi connectivity index (χ4v) is 3.21. The van der Waals surface area contributed by atoms with Gasteiger partial charge in [0.05, 0.1) is 11.1 Å². The van der Waals surface area contributed by atoms with Crippen LogP contribution in [-0.4, -0.2) is 0 Å². The van der Waals surface area contributed by atoms with E-state index in [4.69, 9.17) is 4.42 Å². The van der Waals surface area contributed by atoms with Gasteiger partial charge in [-0.3, -0.25) is 0 Å². The van der Waals surface area contributed by atoms with Gasteiger partial charge in [0.15, 0.2) is 0 Å². The molecule has 1 atom stereocenters. The van der Waals surface area contributed by atoms with Crippen molar-refractivity contribution in [2.75, 3.05) is 0 Å². The topological polar surface area (TPSA) is 13.1 Å². The lowest BCUT2D eigenvalue weighted by Gasteiger charge is -2.10. The van der Waals surface area contributed by atoms with E-state index < -0.39 is 0 Å². The molecule has 1 aromatic heterocycles. The number of rotatable bonds is 4. The second-order valence-corrected chi connectivity index (χ2v) is 6.15. The van der Waals surface area contributed by atoms with E-state index in [-0.39, 0.29) is 4.83 Å². The van der Waals surface area contributed by atoms with E-state index >= 15 is 0 Å². The van der Waals surface area contributed by atoms with Gasteiger partial charge in [0.25, 0.3) is 0 Å². The molecule has 0 amide bonds. The largest absolute Gasteiger partial charge is 0.468 e. The van der Waals surface area contributed by atoms with E-state index in [1.165, 1.54) is 22.3 Å². The molecule has 0 spiro atoms. The molecule has 0 aliphatic heterocycles. The first-order chi connectivity index (χ1) is 10.2. The lowest BCUT2D eigenvalue weighted by molar-refractivity contribution is 0.517. The number of hydrogen-bond acceptors (Lipinski definition) is 1. The quantitative estimate of drug-likeness (QED) is 0.558. The lowest BCUT2D eigenvalue weighted by Crippen LogP contribution is -1.94. The first-order valence-electron chi connectivity index (χ1n) is 7.05. The molecule has 0 saturated heterocycles. The molecule has 3 aromatic rings. The van der Waals surface area contributed by atoms with Gasteiger partial charge in [-0.25, -0.2) is 0 Å². The van der Waals surface area contributed by atoms with Crippen molar-refractivity contribution in [3.63, 3.8) is 0 Å². The zero-order valence-electron chi connectivity index (χ0n) is 11.9. The Balaban J connectivity index is 1.77. The van der Waals surface area contributed by atoms with Crippen LogP contribution in [0.25, 0.3) is 0 Å². The molecule has 21 heavy (non-hydrogen) atoms. The Morgan fingerprint density at radius 2 is 1.57 bits per heavy atom. The summed E-state index contributed by atoms with van der Waals surface area (Å²) in [5, 5.41) is 0. The van der Waals surface area contributed by atoms with Crippen LogP contribution in [0.4, 0.5) is 0 Å². The van der Waals surface area contributed by atoms with Crippen molar-refractivity contribution in [1.29, 1.82) is 0 Å². The lowest BCUT2D eigenvalue weighted by atomic mass is 10.0. The Kier molecular flexibility index (Phi) is 4.26. The predicted molar refractivity (Wildman–Crippen MR) is 89.9 cm³/mol. The summed E-state index contributed by atoms with van der Waals surface area (Å²) in [5.74, 6) is 0.978. The van der Waals surface area contributed by atoms with E-state index in [9.17, 15) is 0 Å². The van der Waals surface area contributed by atoms with Gasteiger partial charge in [-0.2, -0.15) is 0 Å². The van der Waals surface area contributed by atoms with Gasteiger partial charge in [0.2, 0.25) is 0 Å². The minimum Gasteiger partial charge on any atom is -0.468 e. The van der Waals surface area contributed by atoms with Crippen LogP contribution in [0.1, 0.15) is 32.8 Å². The fraction of sp³-hybridized carbons (Fsp3) is 0.158. The SMILES string of the molecule is Cc1ccoc1C(Br)c1ccc(Cc2ccccc2)cc1. The van der Waals surface area contributed by atoms with Crippen molar-refractivity contribution in [2.45, 2.75) is 18.2 Å². The third-order valence-corrected chi connectivity index (χ3v) is 4.60. The molecule has 106 valence electrons. The van der Waals surface area contributed by atoms with Crippen molar-refractivity contribution in [2.24, 2.45) is 0 Å². The van der Waals surface area contributed by atoms with Gasteiger partial charge < -0.3 is 4.42 Å². The van der Waals surface area contributed by atoms with E-state index in [0.717, 1.165) is 12.2 Å². The molecule has 1 heterocycles. The van der Waals surface area contributed by atoms with Crippen LogP contribution in [0.3, 0.4) is 0 Å². The standard InChI is InChI=1S/C19H17BrO/c1-14-11-12-21-19(14)18(20)17-9-7-16(8-10-17)13-15-5-3-2-4-6-15/h2-12,18H,13H2,1H3. The summed E-state index contributed by atoms with van der Waals surface area (Å²) in [5.41, 5.74) is 5.04. The first kappa shape index (κ1) is 14.2. The average molecular weight is 341 g/mol. The van der Waals surface area contributed by atoms with Gasteiger partial charge in [-0.1, -0.05) is 70.5 Å². The summed E-state index contributed by atoms with van der Waals surface area (Å²) in [7, 11) is 0. The summed E-state index contributed by atoms with van der Waals surface area (Å²) < 4.78 is 5.56. The number of furan rings is 1. The van der Waals surface area contributed by atoms with Crippen molar-refractivity contribution >= 4 is 15.9 Å². The van der Waals surface area contributed by atoms with Gasteiger partial charge in [0.1, 0.15) is 5.76 Å². The summed E-state index contributed by atoms with van der Waals surface area (Å²) in [6.45, 7) is 2.07. The molecule has 0 saturated carbocycles. The molecular formula is C19H17BrO. The highest BCUT2D eigenvalue weighted by Gasteiger charge is 2.15. The molecule has 3 rings (SSSR count). The zero-order chi connectivity index (χ0) is 14.7. The Hall–Kier alpha value is -1.80. The van der Waals surface area contributed by atoms with Crippen LogP contribution in [0.2, 0.25) is 0 Å². The summed E-state index contributed by atoms with van der Waals surface area (Å²) in [6, 6.07) is 21.2. The van der Waals surface area contributed by atoms with Crippen molar-refractivity contribution in [1.82, 2.24) is 0 Å². The van der Waals surface area contributed by atoms with Gasteiger partial charge in [-0.15, -0.1) is 0 Å². The van der Waals surface area contributed by atoms with Crippen molar-refractivity contribution < 1.29 is 4.42 Å². The first-order valence-corrected chi connectivity index (χ1v) is 7.96. The predicted octanol–water partition coefficient (Wildman–Crippen LogP) is 5.66. The second-order valence-electron chi connectivity index (χ2n) is 5.23. The highest BCUT2D eigenvalue weighted by atomic mass is 79.9. The summed E-state index contributed by atoms with van der Waals surface area (Å²) in [6.07, 6.45) is 2.70. The second kappa shape index (κ2) is 6.31. The van der Waals surface area contributed by atoms with E-state index in [1.807, 2.05) is 12.1 Å². The zero-order valence-corrected chi connectivity index (χ0v) is 13.5. The Labute approximate surface area is 133 Å². The van der Waals surface area contributed by atoms with Crippen LogP contribution in [0, 0.1) is 6.92 Å². The maximum absolute atomic E-state index is 5.56. The van der Waals surface area contributed by atoms with Crippen molar-refractivity contribution in [3.8, 4) is 0 Å². The Bertz CT molecular complexity index is 698. The van der Waals surface area contributed by atoms with Crippen LogP contribution in [-0.2, 0) is 6.42 Å². The number of hydrogen-bond donors (Lipinski definition) is 0. The van der Waals surface area contributed by atoms with Crippen LogP contribution in [0.5, 0.6) is 0 Å². The molecule has 0 N–H and O–H groups in total. The number of benzene rings is 2. The molecule has 2 heteroatoms. The number of aryl methyl sites for hydroxylation is 1. The van der Waals surface area contributed by atoms with Crippen LogP contribution < -0.4 is 0 Å². The molecule has 0 aliphatic carbocycles. The minimum atomic E-state index is 0.110. The summed E-state index contributed by atoms with van der Waals surface area (Å²) >= 11 is 3.72. The smallest absolute Gasteiger partial charge is 0.124 e. The third kappa shape index (κ3) is 3.27. The molecule has 0 radical (unpaired) electrons. The normalized spacial score (nSPS) is 12.3. The molecular weight excluding hydrogens is 324 g/mol. The molecule has 2 aromatic carbocycles. The molecule has 0 aliphatic rings. The third-order valence-electron chi connectivity index (χ3n) is 3.66. The van der Waals surface area contributed by atoms with Crippen LogP contribution in [0.15, 0.2) is 71.3 Å². The molecule has 0 bridgehead atoms. The van der Waals surface area contributed by atoms with E-state index in [1.54, 1.807) is 6.26 Å². The fourth-order valence-electron chi connectivity index (χ4n) is 2.43. The summed E-state index contributed by atoms with van der Waals surface area (Å²) in [4.78, 5) is 0.110. The highest BCUT2D eigenvalue weighted by Crippen LogP contribution is 2.33. The van der Waals surface area contributed by atoms with E-state index in [0.29, 0.717) is 0 Å². The monoisotopic (exact) mass is 340 g/mol. The van der Waals surface area contributed by atoms with Crippen LogP contribution >= 0.6 is 15.9 Å². The molecule has 1 unspecified atom stereocenters. The number of halogens is 1. The average Bonchev–Trinajstić information content (AvgIpc) is 2.94. The number of alkyl halides is 1. The van der Waals surface area contributed by atoms with Crippen molar-refractivity contribution in [3.05, 3.63) is 94.9 Å². The van der Waals surface area contributed by atoms with Gasteiger partial charge in [-0.05, 0) is 41.7 Å². The maximum atomic E-state index is 5.56. The Morgan fingerprint density at radius 1 is 0.905 bits per heavy atom. The Morgan fingerprint density at radius 3 is 2.19 bits per heavy atom. The van der Waals surface area contributed by atoms with E-state index in [2.05, 4.69) is 71.4 Å². The highest BCUT2D eigenvalue weighted by molar-refractivity contribution is 9.09. The van der Waals surface area contributed by atoms with Gasteiger partial charge in [0, 0.05) is 0 Å². The maximum Gasteiger partial charge on any atom is 0.124 e. The minimum absolute atomic E-state index is 0.110.